The molecule has 9 heteroatoms. The molecule has 0 radical (unpaired) electrons. The maximum absolute atomic E-state index is 12.9. The number of esters is 2. The van der Waals surface area contributed by atoms with Crippen LogP contribution >= 0.6 is 0 Å². The highest BCUT2D eigenvalue weighted by molar-refractivity contribution is 5.71. The normalized spacial score (nSPS) is 12.9. The van der Waals surface area contributed by atoms with Gasteiger partial charge in [-0.1, -0.05) is 275 Å². The molecule has 1 N–H and O–H groups in total. The number of carbonyl (C=O) groups excluding carboxylic acids is 2. The SMILES string of the molecule is CCCCCCC/C=C\C/C=C\C/C=C\CCCCCCCCCCCCCCCCC(=O)OC(COC(=O)CCCCCCCCCCCCCCCCCCCCCC)COC(OCC[N+](C)(C)C)C(=O)O. The largest absolute Gasteiger partial charge is 0.477 e. The standard InChI is InChI=1S/C65H121NO8/c1-6-8-10-12-14-16-18-20-22-24-26-28-29-30-31-32-33-34-35-36-38-40-42-44-46-48-50-52-54-56-63(68)74-61(60-73-65(64(69)70)71-58-57-66(3,4)5)59-72-62(67)55-53-51-49-47-45-43-41-39-37-27-25-23-21-19-17-15-13-11-9-7-2/h18,20,24,26,29-30,61,65H,6-17,19,21-23,25,27-28,31-60H2,1-5H3/p+1/b20-18-,26-24-,30-29-. The number of unbranched alkanes of at least 4 members (excludes halogenated alkanes) is 38. The lowest BCUT2D eigenvalue weighted by Gasteiger charge is -2.25. The Balaban J connectivity index is 4.15. The number of ether oxygens (including phenoxy) is 4. The number of carbonyl (C=O) groups is 3. The molecule has 9 nitrogen and oxygen atoms in total. The average Bonchev–Trinajstić information content (AvgIpc) is 3.37. The van der Waals surface area contributed by atoms with Crippen molar-refractivity contribution < 1.29 is 42.9 Å². The zero-order valence-corrected chi connectivity index (χ0v) is 49.5. The van der Waals surface area contributed by atoms with Crippen LogP contribution in [0.25, 0.3) is 0 Å². The van der Waals surface area contributed by atoms with Crippen molar-refractivity contribution in [2.24, 2.45) is 0 Å². The Labute approximate surface area is 458 Å². The Morgan fingerprint density at radius 3 is 1.08 bits per heavy atom. The second-order valence-electron chi connectivity index (χ2n) is 22.7. The van der Waals surface area contributed by atoms with Gasteiger partial charge in [0.05, 0.1) is 34.4 Å². The van der Waals surface area contributed by atoms with Crippen molar-refractivity contribution in [1.29, 1.82) is 0 Å². The van der Waals surface area contributed by atoms with Gasteiger partial charge in [-0.25, -0.2) is 4.79 Å². The minimum absolute atomic E-state index is 0.177. The third-order valence-corrected chi connectivity index (χ3v) is 14.1. The summed E-state index contributed by atoms with van der Waals surface area (Å²) in [6, 6.07) is 0. The molecule has 0 bridgehead atoms. The van der Waals surface area contributed by atoms with Gasteiger partial charge in [0, 0.05) is 12.8 Å². The van der Waals surface area contributed by atoms with Crippen LogP contribution in [-0.2, 0) is 33.3 Å². The van der Waals surface area contributed by atoms with Crippen LogP contribution < -0.4 is 0 Å². The molecule has 0 spiro atoms. The number of hydrogen-bond donors (Lipinski definition) is 1. The van der Waals surface area contributed by atoms with Crippen molar-refractivity contribution in [1.82, 2.24) is 0 Å². The molecule has 434 valence electrons. The van der Waals surface area contributed by atoms with Gasteiger partial charge in [-0.05, 0) is 51.4 Å². The minimum atomic E-state index is -1.51. The lowest BCUT2D eigenvalue weighted by molar-refractivity contribution is -0.870. The lowest BCUT2D eigenvalue weighted by Crippen LogP contribution is -2.40. The number of nitrogens with zero attached hydrogens (tertiary/aromatic N) is 1. The van der Waals surface area contributed by atoms with Crippen LogP contribution in [0.1, 0.15) is 303 Å². The zero-order valence-electron chi connectivity index (χ0n) is 49.5. The Morgan fingerprint density at radius 2 is 0.730 bits per heavy atom. The number of carboxylic acids is 1. The predicted octanol–water partition coefficient (Wildman–Crippen LogP) is 18.9. The maximum Gasteiger partial charge on any atom is 0.361 e. The van der Waals surface area contributed by atoms with Crippen LogP contribution in [-0.4, -0.2) is 87.4 Å². The molecule has 0 rings (SSSR count). The van der Waals surface area contributed by atoms with E-state index in [2.05, 4.69) is 50.3 Å². The number of aliphatic carboxylic acids is 1. The Bertz CT molecular complexity index is 1310. The summed E-state index contributed by atoms with van der Waals surface area (Å²) < 4.78 is 22.9. The Kier molecular flexibility index (Phi) is 54.8. The molecule has 0 amide bonds. The minimum Gasteiger partial charge on any atom is -0.477 e. The Hall–Kier alpha value is -2.49. The molecule has 0 aromatic heterocycles. The van der Waals surface area contributed by atoms with Crippen LogP contribution in [0.15, 0.2) is 36.5 Å². The summed E-state index contributed by atoms with van der Waals surface area (Å²) in [5.41, 5.74) is 0. The highest BCUT2D eigenvalue weighted by Gasteiger charge is 2.25. The summed E-state index contributed by atoms with van der Waals surface area (Å²) in [5, 5.41) is 9.72. The van der Waals surface area contributed by atoms with Crippen LogP contribution in [0.2, 0.25) is 0 Å². The zero-order chi connectivity index (χ0) is 54.1. The quantitative estimate of drug-likeness (QED) is 0.0211. The number of hydrogen-bond acceptors (Lipinski definition) is 7. The van der Waals surface area contributed by atoms with E-state index >= 15 is 0 Å². The van der Waals surface area contributed by atoms with Crippen molar-refractivity contribution >= 4 is 17.9 Å². The third-order valence-electron chi connectivity index (χ3n) is 14.1. The van der Waals surface area contributed by atoms with E-state index in [1.807, 2.05) is 21.1 Å². The van der Waals surface area contributed by atoms with Gasteiger partial charge in [-0.2, -0.15) is 0 Å². The van der Waals surface area contributed by atoms with Gasteiger partial charge < -0.3 is 28.5 Å². The van der Waals surface area contributed by atoms with E-state index in [-0.39, 0.29) is 38.2 Å². The van der Waals surface area contributed by atoms with Crippen molar-refractivity contribution in [2.75, 3.05) is 47.5 Å². The van der Waals surface area contributed by atoms with E-state index in [4.69, 9.17) is 18.9 Å². The van der Waals surface area contributed by atoms with E-state index in [1.54, 1.807) is 0 Å². The van der Waals surface area contributed by atoms with Gasteiger partial charge in [0.15, 0.2) is 6.10 Å². The van der Waals surface area contributed by atoms with Crippen molar-refractivity contribution in [3.8, 4) is 0 Å². The second kappa shape index (κ2) is 56.7. The van der Waals surface area contributed by atoms with E-state index < -0.39 is 18.4 Å². The van der Waals surface area contributed by atoms with Crippen LogP contribution in [0, 0.1) is 0 Å². The number of rotatable bonds is 59. The first-order valence-electron chi connectivity index (χ1n) is 31.7. The van der Waals surface area contributed by atoms with E-state index in [0.717, 1.165) is 51.4 Å². The molecule has 0 aromatic carbocycles. The molecule has 0 saturated heterocycles. The number of quaternary nitrogens is 1. The summed E-state index contributed by atoms with van der Waals surface area (Å²) in [5.74, 6) is -1.98. The van der Waals surface area contributed by atoms with E-state index in [9.17, 15) is 19.5 Å². The summed E-state index contributed by atoms with van der Waals surface area (Å²) in [6.45, 7) is 4.92. The molecule has 2 atom stereocenters. The first-order valence-corrected chi connectivity index (χ1v) is 31.7. The fourth-order valence-electron chi connectivity index (χ4n) is 9.26. The highest BCUT2D eigenvalue weighted by Crippen LogP contribution is 2.18. The van der Waals surface area contributed by atoms with Crippen LogP contribution in [0.4, 0.5) is 0 Å². The van der Waals surface area contributed by atoms with Gasteiger partial charge in [0.2, 0.25) is 0 Å². The number of likely N-dealkylation sites (N-methyl/N-ethyl adjacent to an activating group) is 1. The summed E-state index contributed by atoms with van der Waals surface area (Å²) in [7, 11) is 5.98. The van der Waals surface area contributed by atoms with E-state index in [0.29, 0.717) is 17.4 Å². The first kappa shape index (κ1) is 71.5. The molecule has 0 aliphatic heterocycles. The van der Waals surface area contributed by atoms with Crippen molar-refractivity contribution in [3.05, 3.63) is 36.5 Å². The lowest BCUT2D eigenvalue weighted by atomic mass is 10.0. The van der Waals surface area contributed by atoms with Gasteiger partial charge in [-0.3, -0.25) is 9.59 Å². The summed E-state index contributed by atoms with van der Waals surface area (Å²) in [6.07, 6.45) is 66.6. The molecule has 0 aromatic rings. The molecule has 0 aliphatic carbocycles. The number of carboxylic acid groups (broad SMARTS) is 1. The van der Waals surface area contributed by atoms with Gasteiger partial charge in [0.25, 0.3) is 6.29 Å². The van der Waals surface area contributed by atoms with Gasteiger partial charge in [0.1, 0.15) is 13.2 Å². The number of allylic oxidation sites excluding steroid dienone is 6. The molecule has 0 fully saturated rings. The van der Waals surface area contributed by atoms with Crippen LogP contribution in [0.3, 0.4) is 0 Å². The average molecular weight is 1050 g/mol. The topological polar surface area (TPSA) is 108 Å². The van der Waals surface area contributed by atoms with Crippen molar-refractivity contribution in [3.63, 3.8) is 0 Å². The monoisotopic (exact) mass is 1040 g/mol. The fraction of sp³-hybridized carbons (Fsp3) is 0.862. The molecule has 74 heavy (non-hydrogen) atoms. The highest BCUT2D eigenvalue weighted by atomic mass is 16.7. The second-order valence-corrected chi connectivity index (χ2v) is 22.7. The fourth-order valence-corrected chi connectivity index (χ4v) is 9.26. The molecule has 0 heterocycles. The molecule has 0 aliphatic rings. The van der Waals surface area contributed by atoms with Crippen LogP contribution in [0.5, 0.6) is 0 Å². The van der Waals surface area contributed by atoms with Crippen molar-refractivity contribution in [2.45, 2.75) is 315 Å². The van der Waals surface area contributed by atoms with E-state index in [1.165, 1.54) is 225 Å². The van der Waals surface area contributed by atoms with Gasteiger partial charge in [-0.15, -0.1) is 0 Å². The Morgan fingerprint density at radius 1 is 0.405 bits per heavy atom. The molecule has 0 saturated carbocycles. The summed E-state index contributed by atoms with van der Waals surface area (Å²) >= 11 is 0. The maximum atomic E-state index is 12.9. The third kappa shape index (κ3) is 57.2. The molecule has 2 unspecified atom stereocenters. The first-order chi connectivity index (χ1) is 36.1. The summed E-state index contributed by atoms with van der Waals surface area (Å²) in [4.78, 5) is 37.5. The predicted molar refractivity (Wildman–Crippen MR) is 314 cm³/mol. The smallest absolute Gasteiger partial charge is 0.361 e. The molecular formula is C65H122NO8+. The van der Waals surface area contributed by atoms with Gasteiger partial charge >= 0.3 is 17.9 Å². The molecular weight excluding hydrogens is 923 g/mol.